The van der Waals surface area contributed by atoms with Crippen LogP contribution in [0.1, 0.15) is 56.2 Å². The third-order valence-electron chi connectivity index (χ3n) is 8.60. The molecule has 0 N–H and O–H groups in total. The second-order valence-electron chi connectivity index (χ2n) is 11.7. The summed E-state index contributed by atoms with van der Waals surface area (Å²) in [6, 6.07) is 33.0. The van der Waals surface area contributed by atoms with E-state index in [2.05, 4.69) is 142 Å². The smallest absolute Gasteiger partial charge is 0.295 e. The lowest BCUT2D eigenvalue weighted by Gasteiger charge is -2.18. The monoisotopic (exact) mass is 523 g/mol. The van der Waals surface area contributed by atoms with Gasteiger partial charge in [-0.15, -0.1) is 0 Å². The first-order valence-electron chi connectivity index (χ1n) is 14.3. The van der Waals surface area contributed by atoms with Gasteiger partial charge in [-0.05, 0) is 59.9 Å². The lowest BCUT2D eigenvalue weighted by Crippen LogP contribution is -2.30. The lowest BCUT2D eigenvalue weighted by molar-refractivity contribution is -0.633. The standard InChI is InChI=1S/C37H35N2O/c1-22(2)26-14-11-15-27(23(3)4)35(26)39-32-17-10-9-16-31(32)38(6)37(39)28-19-20-30-34-29-13-8-7-12-25(29)18-21-33(34)40-36(30)24(28)5/h7-23H,1-6H3/q+1. The molecule has 7 aromatic rings. The molecule has 3 nitrogen and oxygen atoms in total. The first-order chi connectivity index (χ1) is 19.4. The second-order valence-corrected chi connectivity index (χ2v) is 11.7. The Morgan fingerprint density at radius 3 is 2.15 bits per heavy atom. The highest BCUT2D eigenvalue weighted by molar-refractivity contribution is 6.19. The molecule has 198 valence electrons. The van der Waals surface area contributed by atoms with Gasteiger partial charge in [0.2, 0.25) is 0 Å². The molecule has 0 bridgehead atoms. The van der Waals surface area contributed by atoms with Crippen molar-refractivity contribution >= 4 is 43.7 Å². The van der Waals surface area contributed by atoms with Crippen LogP contribution in [0.3, 0.4) is 0 Å². The van der Waals surface area contributed by atoms with Gasteiger partial charge < -0.3 is 4.42 Å². The summed E-state index contributed by atoms with van der Waals surface area (Å²) in [6.45, 7) is 11.4. The Morgan fingerprint density at radius 1 is 0.700 bits per heavy atom. The maximum absolute atomic E-state index is 6.62. The molecule has 0 radical (unpaired) electrons. The van der Waals surface area contributed by atoms with Crippen molar-refractivity contribution in [2.24, 2.45) is 7.05 Å². The van der Waals surface area contributed by atoms with Crippen molar-refractivity contribution in [2.75, 3.05) is 0 Å². The molecule has 0 saturated carbocycles. The average Bonchev–Trinajstić information content (AvgIpc) is 3.49. The van der Waals surface area contributed by atoms with Gasteiger partial charge in [0.1, 0.15) is 16.9 Å². The largest absolute Gasteiger partial charge is 0.456 e. The molecule has 7 rings (SSSR count). The molecule has 0 saturated heterocycles. The average molecular weight is 524 g/mol. The van der Waals surface area contributed by atoms with Gasteiger partial charge in [-0.25, -0.2) is 4.57 Å². The van der Waals surface area contributed by atoms with Gasteiger partial charge in [-0.3, -0.25) is 0 Å². The summed E-state index contributed by atoms with van der Waals surface area (Å²) in [4.78, 5) is 0. The molecule has 0 amide bonds. The molecular formula is C37H35N2O+. The van der Waals surface area contributed by atoms with Crippen molar-refractivity contribution in [1.29, 1.82) is 0 Å². The summed E-state index contributed by atoms with van der Waals surface area (Å²) < 4.78 is 11.5. The molecule has 0 unspecified atom stereocenters. The number of furan rings is 1. The Morgan fingerprint density at radius 2 is 1.40 bits per heavy atom. The topological polar surface area (TPSA) is 21.9 Å². The van der Waals surface area contributed by atoms with Crippen molar-refractivity contribution in [1.82, 2.24) is 4.57 Å². The minimum atomic E-state index is 0.389. The van der Waals surface area contributed by atoms with Gasteiger partial charge in [-0.2, -0.15) is 4.57 Å². The molecule has 2 aromatic heterocycles. The van der Waals surface area contributed by atoms with Gasteiger partial charge in [-0.1, -0.05) is 88.4 Å². The number of hydrogen-bond donors (Lipinski definition) is 0. The van der Waals surface area contributed by atoms with Gasteiger partial charge in [0.15, 0.2) is 11.0 Å². The van der Waals surface area contributed by atoms with Crippen molar-refractivity contribution in [3.05, 3.63) is 108 Å². The van der Waals surface area contributed by atoms with E-state index in [1.165, 1.54) is 60.8 Å². The Bertz CT molecular complexity index is 2060. The van der Waals surface area contributed by atoms with E-state index in [0.717, 1.165) is 16.7 Å². The minimum absolute atomic E-state index is 0.389. The third-order valence-corrected chi connectivity index (χ3v) is 8.60. The molecule has 5 aromatic carbocycles. The molecule has 0 aliphatic heterocycles. The van der Waals surface area contributed by atoms with Crippen molar-refractivity contribution in [3.8, 4) is 17.1 Å². The Hall–Kier alpha value is -4.37. The first-order valence-corrected chi connectivity index (χ1v) is 14.3. The number of nitrogens with zero attached hydrogens (tertiary/aromatic N) is 2. The fourth-order valence-corrected chi connectivity index (χ4v) is 6.60. The molecule has 0 aliphatic carbocycles. The van der Waals surface area contributed by atoms with Crippen LogP contribution in [0.2, 0.25) is 0 Å². The third kappa shape index (κ3) is 3.47. The molecule has 3 heteroatoms. The van der Waals surface area contributed by atoms with Crippen LogP contribution in [0.15, 0.2) is 95.4 Å². The minimum Gasteiger partial charge on any atom is -0.456 e. The van der Waals surface area contributed by atoms with Gasteiger partial charge >= 0.3 is 0 Å². The van der Waals surface area contributed by atoms with E-state index in [1.54, 1.807) is 0 Å². The number of rotatable bonds is 4. The Balaban J connectivity index is 1.61. The number of aryl methyl sites for hydroxylation is 2. The first kappa shape index (κ1) is 24.7. The summed E-state index contributed by atoms with van der Waals surface area (Å²) >= 11 is 0. The van der Waals surface area contributed by atoms with E-state index in [4.69, 9.17) is 4.42 Å². The molecule has 0 aliphatic rings. The quantitative estimate of drug-likeness (QED) is 0.210. The zero-order valence-electron chi connectivity index (χ0n) is 24.1. The van der Waals surface area contributed by atoms with E-state index < -0.39 is 0 Å². The molecular weight excluding hydrogens is 488 g/mol. The second kappa shape index (κ2) is 9.09. The summed E-state index contributed by atoms with van der Waals surface area (Å²) in [5, 5.41) is 4.83. The van der Waals surface area contributed by atoms with Crippen molar-refractivity contribution < 1.29 is 8.98 Å². The van der Waals surface area contributed by atoms with Crippen LogP contribution >= 0.6 is 0 Å². The van der Waals surface area contributed by atoms with E-state index in [9.17, 15) is 0 Å². The number of hydrogen-bond acceptors (Lipinski definition) is 1. The zero-order chi connectivity index (χ0) is 27.7. The normalized spacial score (nSPS) is 12.2. The summed E-state index contributed by atoms with van der Waals surface area (Å²) in [7, 11) is 2.19. The van der Waals surface area contributed by atoms with Gasteiger partial charge in [0.05, 0.1) is 12.6 Å². The maximum atomic E-state index is 6.62. The van der Waals surface area contributed by atoms with Crippen LogP contribution < -0.4 is 4.57 Å². The maximum Gasteiger partial charge on any atom is 0.295 e. The summed E-state index contributed by atoms with van der Waals surface area (Å²) in [6.07, 6.45) is 0. The van der Waals surface area contributed by atoms with E-state index in [-0.39, 0.29) is 0 Å². The van der Waals surface area contributed by atoms with Crippen LogP contribution in [-0.2, 0) is 7.05 Å². The Kier molecular flexibility index (Phi) is 5.60. The molecule has 40 heavy (non-hydrogen) atoms. The summed E-state index contributed by atoms with van der Waals surface area (Å²) in [5.41, 5.74) is 10.7. The number of para-hydroxylation sites is 3. The van der Waals surface area contributed by atoms with Crippen LogP contribution in [-0.4, -0.2) is 4.57 Å². The van der Waals surface area contributed by atoms with Crippen LogP contribution in [0.25, 0.3) is 60.8 Å². The highest BCUT2D eigenvalue weighted by Gasteiger charge is 2.32. The van der Waals surface area contributed by atoms with Crippen LogP contribution in [0, 0.1) is 6.92 Å². The predicted molar refractivity (Wildman–Crippen MR) is 168 cm³/mol. The molecule has 0 spiro atoms. The number of aromatic nitrogens is 2. The lowest BCUT2D eigenvalue weighted by atomic mass is 9.92. The van der Waals surface area contributed by atoms with E-state index in [0.29, 0.717) is 11.8 Å². The predicted octanol–water partition coefficient (Wildman–Crippen LogP) is 9.73. The molecule has 0 fully saturated rings. The SMILES string of the molecule is Cc1c(-c2n(-c3c(C(C)C)cccc3C(C)C)c3ccccc3[n+]2C)ccc2c1oc1ccc3ccccc3c12. The van der Waals surface area contributed by atoms with Crippen LogP contribution in [0.5, 0.6) is 0 Å². The fourth-order valence-electron chi connectivity index (χ4n) is 6.60. The number of fused-ring (bicyclic) bond motifs is 6. The number of benzene rings is 5. The summed E-state index contributed by atoms with van der Waals surface area (Å²) in [5.74, 6) is 1.95. The van der Waals surface area contributed by atoms with Crippen LogP contribution in [0.4, 0.5) is 0 Å². The highest BCUT2D eigenvalue weighted by Crippen LogP contribution is 2.41. The van der Waals surface area contributed by atoms with Crippen molar-refractivity contribution in [2.45, 2.75) is 46.5 Å². The number of imidazole rings is 1. The van der Waals surface area contributed by atoms with Gasteiger partial charge in [0.25, 0.3) is 5.82 Å². The van der Waals surface area contributed by atoms with E-state index in [1.807, 2.05) is 0 Å². The van der Waals surface area contributed by atoms with E-state index >= 15 is 0 Å². The van der Waals surface area contributed by atoms with Crippen molar-refractivity contribution in [3.63, 3.8) is 0 Å². The molecule has 0 atom stereocenters. The van der Waals surface area contributed by atoms with Gasteiger partial charge in [0, 0.05) is 27.5 Å². The fraction of sp³-hybridized carbons (Fsp3) is 0.216. The zero-order valence-corrected chi connectivity index (χ0v) is 24.1. The highest BCUT2D eigenvalue weighted by atomic mass is 16.3. The Labute approximate surface area is 235 Å². The molecule has 2 heterocycles.